The van der Waals surface area contributed by atoms with Crippen molar-refractivity contribution in [3.05, 3.63) is 64.9 Å². The highest BCUT2D eigenvalue weighted by molar-refractivity contribution is 6.31. The molecule has 0 radical (unpaired) electrons. The van der Waals surface area contributed by atoms with Crippen LogP contribution in [0.5, 0.6) is 0 Å². The fraction of sp³-hybridized carbons (Fsp3) is 0.125. The number of hydrogen-bond donors (Lipinski definition) is 2. The van der Waals surface area contributed by atoms with E-state index in [0.717, 1.165) is 6.07 Å². The second kappa shape index (κ2) is 6.26. The van der Waals surface area contributed by atoms with Crippen LogP contribution in [-0.2, 0) is 9.53 Å². The Kier molecular flexibility index (Phi) is 4.16. The number of carbonyl (C=O) groups is 2. The van der Waals surface area contributed by atoms with E-state index in [2.05, 4.69) is 10.6 Å². The van der Waals surface area contributed by atoms with Crippen molar-refractivity contribution < 1.29 is 18.7 Å². The summed E-state index contributed by atoms with van der Waals surface area (Å²) in [7, 11) is 0. The maximum Gasteiger partial charge on any atom is 0.408 e. The van der Waals surface area contributed by atoms with E-state index in [4.69, 9.17) is 16.3 Å². The Labute approximate surface area is 136 Å². The van der Waals surface area contributed by atoms with Gasteiger partial charge in [0.1, 0.15) is 5.82 Å². The molecule has 0 aromatic heterocycles. The molecule has 2 aromatic rings. The maximum absolute atomic E-state index is 13.2. The van der Waals surface area contributed by atoms with E-state index in [1.807, 2.05) is 6.07 Å². The molecular weight excluding hydrogens is 323 g/mol. The third-order valence-electron chi connectivity index (χ3n) is 3.41. The van der Waals surface area contributed by atoms with Crippen molar-refractivity contribution in [2.75, 3.05) is 5.32 Å². The molecule has 1 fully saturated rings. The molecule has 2 amide bonds. The lowest BCUT2D eigenvalue weighted by molar-refractivity contribution is -0.119. The first-order valence-electron chi connectivity index (χ1n) is 6.82. The number of cyclic esters (lactones) is 1. The Hall–Kier alpha value is -2.60. The topological polar surface area (TPSA) is 67.4 Å². The molecule has 2 unspecified atom stereocenters. The molecule has 23 heavy (non-hydrogen) atoms. The molecule has 0 spiro atoms. The quantitative estimate of drug-likeness (QED) is 0.905. The summed E-state index contributed by atoms with van der Waals surface area (Å²) in [4.78, 5) is 23.9. The number of rotatable bonds is 3. The molecular formula is C16H12ClFN2O3. The predicted molar refractivity (Wildman–Crippen MR) is 82.6 cm³/mol. The Morgan fingerprint density at radius 1 is 1.22 bits per heavy atom. The monoisotopic (exact) mass is 334 g/mol. The first-order valence-corrected chi connectivity index (χ1v) is 7.20. The molecule has 5 nitrogen and oxygen atoms in total. The summed E-state index contributed by atoms with van der Waals surface area (Å²) in [6.07, 6.45) is -1.41. The summed E-state index contributed by atoms with van der Waals surface area (Å²) in [5, 5.41) is 4.95. The normalized spacial score (nSPS) is 19.8. The first kappa shape index (κ1) is 15.3. The summed E-state index contributed by atoms with van der Waals surface area (Å²) in [6, 6.07) is 11.9. The van der Waals surface area contributed by atoms with Gasteiger partial charge in [-0.2, -0.15) is 0 Å². The lowest BCUT2D eigenvalue weighted by atomic mass is 10.0. The zero-order chi connectivity index (χ0) is 16.4. The van der Waals surface area contributed by atoms with Gasteiger partial charge in [-0.1, -0.05) is 41.9 Å². The molecule has 7 heteroatoms. The number of carbonyl (C=O) groups excluding carboxylic acids is 2. The van der Waals surface area contributed by atoms with Crippen LogP contribution in [0.2, 0.25) is 5.02 Å². The van der Waals surface area contributed by atoms with Gasteiger partial charge in [-0.15, -0.1) is 0 Å². The van der Waals surface area contributed by atoms with E-state index < -0.39 is 30.0 Å². The van der Waals surface area contributed by atoms with Gasteiger partial charge in [-0.25, -0.2) is 9.18 Å². The van der Waals surface area contributed by atoms with Gasteiger partial charge in [0.25, 0.3) is 5.91 Å². The lowest BCUT2D eigenvalue weighted by Crippen LogP contribution is -2.40. The fourth-order valence-corrected chi connectivity index (χ4v) is 2.50. The van der Waals surface area contributed by atoms with Crippen LogP contribution in [0.4, 0.5) is 14.9 Å². The van der Waals surface area contributed by atoms with E-state index in [0.29, 0.717) is 11.3 Å². The number of ether oxygens (including phenoxy) is 1. The van der Waals surface area contributed by atoms with Crippen LogP contribution < -0.4 is 10.6 Å². The highest BCUT2D eigenvalue weighted by Gasteiger charge is 2.40. The van der Waals surface area contributed by atoms with Crippen molar-refractivity contribution >= 4 is 29.3 Å². The van der Waals surface area contributed by atoms with Crippen LogP contribution in [0.3, 0.4) is 0 Å². The maximum atomic E-state index is 13.2. The predicted octanol–water partition coefficient (Wildman–Crippen LogP) is 3.27. The van der Waals surface area contributed by atoms with Crippen LogP contribution in [-0.4, -0.2) is 18.0 Å². The van der Waals surface area contributed by atoms with Gasteiger partial charge in [0.15, 0.2) is 12.1 Å². The average Bonchev–Trinajstić information content (AvgIpc) is 2.94. The minimum Gasteiger partial charge on any atom is -0.439 e. The summed E-state index contributed by atoms with van der Waals surface area (Å²) in [5.74, 6) is -1.06. The van der Waals surface area contributed by atoms with Crippen molar-refractivity contribution in [1.29, 1.82) is 0 Å². The SMILES string of the molecule is O=C1NC(C(=O)Nc2ccc(F)c(Cl)c2)C(c2ccccc2)O1. The molecule has 1 saturated heterocycles. The minimum atomic E-state index is -0.895. The smallest absolute Gasteiger partial charge is 0.408 e. The van der Waals surface area contributed by atoms with E-state index in [1.165, 1.54) is 12.1 Å². The third kappa shape index (κ3) is 3.27. The minimum absolute atomic E-state index is 0.103. The number of alkyl carbamates (subject to hydrolysis) is 1. The van der Waals surface area contributed by atoms with Crippen molar-refractivity contribution in [1.82, 2.24) is 5.32 Å². The molecule has 0 aliphatic carbocycles. The van der Waals surface area contributed by atoms with Crippen molar-refractivity contribution in [3.8, 4) is 0 Å². The number of anilines is 1. The van der Waals surface area contributed by atoms with Gasteiger partial charge in [0, 0.05) is 5.69 Å². The molecule has 1 aliphatic heterocycles. The third-order valence-corrected chi connectivity index (χ3v) is 3.70. The van der Waals surface area contributed by atoms with Crippen LogP contribution in [0.25, 0.3) is 0 Å². The van der Waals surface area contributed by atoms with E-state index in [9.17, 15) is 14.0 Å². The van der Waals surface area contributed by atoms with Crippen LogP contribution in [0.1, 0.15) is 11.7 Å². The number of halogens is 2. The number of amides is 2. The Morgan fingerprint density at radius 3 is 2.65 bits per heavy atom. The van der Waals surface area contributed by atoms with Gasteiger partial charge in [-0.3, -0.25) is 4.79 Å². The van der Waals surface area contributed by atoms with E-state index >= 15 is 0 Å². The second-order valence-electron chi connectivity index (χ2n) is 4.98. The van der Waals surface area contributed by atoms with Crippen molar-refractivity contribution in [3.63, 3.8) is 0 Å². The summed E-state index contributed by atoms with van der Waals surface area (Å²) in [6.45, 7) is 0. The molecule has 3 rings (SSSR count). The number of hydrogen-bond acceptors (Lipinski definition) is 3. The summed E-state index contributed by atoms with van der Waals surface area (Å²) >= 11 is 5.68. The van der Waals surface area contributed by atoms with Crippen LogP contribution >= 0.6 is 11.6 Å². The zero-order valence-electron chi connectivity index (χ0n) is 11.8. The van der Waals surface area contributed by atoms with Gasteiger partial charge in [0.05, 0.1) is 5.02 Å². The van der Waals surface area contributed by atoms with Gasteiger partial charge < -0.3 is 15.4 Å². The van der Waals surface area contributed by atoms with Gasteiger partial charge in [0.2, 0.25) is 0 Å². The Balaban J connectivity index is 1.79. The van der Waals surface area contributed by atoms with Crippen LogP contribution in [0, 0.1) is 5.82 Å². The number of nitrogens with one attached hydrogen (secondary N) is 2. The molecule has 0 bridgehead atoms. The zero-order valence-corrected chi connectivity index (χ0v) is 12.5. The molecule has 0 saturated carbocycles. The van der Waals surface area contributed by atoms with Crippen molar-refractivity contribution in [2.24, 2.45) is 0 Å². The fourth-order valence-electron chi connectivity index (χ4n) is 2.32. The highest BCUT2D eigenvalue weighted by Crippen LogP contribution is 2.27. The summed E-state index contributed by atoms with van der Waals surface area (Å²) in [5.41, 5.74) is 1.03. The largest absolute Gasteiger partial charge is 0.439 e. The molecule has 1 heterocycles. The lowest BCUT2D eigenvalue weighted by Gasteiger charge is -2.17. The Morgan fingerprint density at radius 2 is 1.96 bits per heavy atom. The molecule has 2 N–H and O–H groups in total. The van der Waals surface area contributed by atoms with E-state index in [-0.39, 0.29) is 5.02 Å². The van der Waals surface area contributed by atoms with Crippen molar-refractivity contribution in [2.45, 2.75) is 12.1 Å². The first-order chi connectivity index (χ1) is 11.0. The molecule has 1 aliphatic rings. The standard InChI is InChI=1S/C16H12ClFN2O3/c17-11-8-10(6-7-12(11)18)19-15(21)13-14(23-16(22)20-13)9-4-2-1-3-5-9/h1-8,13-14H,(H,19,21)(H,20,22). The van der Waals surface area contributed by atoms with E-state index in [1.54, 1.807) is 24.3 Å². The van der Waals surface area contributed by atoms with Gasteiger partial charge in [-0.05, 0) is 23.8 Å². The molecule has 2 aromatic carbocycles. The Bertz CT molecular complexity index is 754. The van der Waals surface area contributed by atoms with Gasteiger partial charge >= 0.3 is 6.09 Å². The highest BCUT2D eigenvalue weighted by atomic mass is 35.5. The average molecular weight is 335 g/mol. The van der Waals surface area contributed by atoms with Crippen LogP contribution in [0.15, 0.2) is 48.5 Å². The number of benzene rings is 2. The second-order valence-corrected chi connectivity index (χ2v) is 5.38. The molecule has 118 valence electrons. The summed E-state index contributed by atoms with van der Waals surface area (Å²) < 4.78 is 18.3. The molecule has 2 atom stereocenters.